The lowest BCUT2D eigenvalue weighted by Crippen LogP contribution is -2.46. The lowest BCUT2D eigenvalue weighted by Gasteiger charge is -2.40. The van der Waals surface area contributed by atoms with Gasteiger partial charge in [0.1, 0.15) is 5.75 Å². The Morgan fingerprint density at radius 1 is 1.32 bits per heavy atom. The maximum Gasteiger partial charge on any atom is 0.124 e. The van der Waals surface area contributed by atoms with Gasteiger partial charge in [0.05, 0.1) is 12.6 Å². The van der Waals surface area contributed by atoms with Crippen molar-refractivity contribution in [2.45, 2.75) is 45.2 Å². The number of likely N-dealkylation sites (tertiary alicyclic amines) is 1. The molecule has 3 heteroatoms. The molecule has 3 nitrogen and oxygen atoms in total. The summed E-state index contributed by atoms with van der Waals surface area (Å²) in [7, 11) is 0. The van der Waals surface area contributed by atoms with Crippen LogP contribution in [0, 0.1) is 0 Å². The summed E-state index contributed by atoms with van der Waals surface area (Å²) in [4.78, 5) is 2.52. The van der Waals surface area contributed by atoms with Gasteiger partial charge < -0.3 is 10.5 Å². The zero-order chi connectivity index (χ0) is 13.7. The molecule has 1 aromatic rings. The third-order valence-electron chi connectivity index (χ3n) is 3.83. The lowest BCUT2D eigenvalue weighted by molar-refractivity contribution is 0.125. The van der Waals surface area contributed by atoms with E-state index in [9.17, 15) is 0 Å². The van der Waals surface area contributed by atoms with Gasteiger partial charge >= 0.3 is 0 Å². The number of hydrogen-bond donors (Lipinski definition) is 1. The van der Waals surface area contributed by atoms with Crippen LogP contribution in [0.1, 0.15) is 44.7 Å². The minimum atomic E-state index is 0.210. The molecule has 1 aliphatic heterocycles. The first kappa shape index (κ1) is 14.4. The number of rotatable bonds is 5. The normalized spacial score (nSPS) is 24.4. The summed E-state index contributed by atoms with van der Waals surface area (Å²) in [6, 6.07) is 8.86. The monoisotopic (exact) mass is 262 g/mol. The standard InChI is InChI=1S/C16H26N2O/c1-3-11-18-12-7-9-14(17)16(18)13-8-5-6-10-15(13)19-4-2/h5-6,8,10,14,16H,3-4,7,9,11-12,17H2,1-2H3. The van der Waals surface area contributed by atoms with E-state index in [2.05, 4.69) is 30.0 Å². The van der Waals surface area contributed by atoms with E-state index >= 15 is 0 Å². The summed E-state index contributed by atoms with van der Waals surface area (Å²) >= 11 is 0. The molecule has 1 heterocycles. The predicted octanol–water partition coefficient (Wildman–Crippen LogP) is 2.96. The fraction of sp³-hybridized carbons (Fsp3) is 0.625. The first-order valence-electron chi connectivity index (χ1n) is 7.49. The minimum absolute atomic E-state index is 0.210. The Morgan fingerprint density at radius 2 is 2.11 bits per heavy atom. The number of benzene rings is 1. The maximum absolute atomic E-state index is 6.40. The van der Waals surface area contributed by atoms with Gasteiger partial charge in [-0.25, -0.2) is 0 Å². The Morgan fingerprint density at radius 3 is 2.84 bits per heavy atom. The molecule has 0 saturated carbocycles. The molecule has 0 amide bonds. The number of ether oxygens (including phenoxy) is 1. The van der Waals surface area contributed by atoms with Crippen LogP contribution in [0.4, 0.5) is 0 Å². The number of nitrogens with two attached hydrogens (primary N) is 1. The van der Waals surface area contributed by atoms with E-state index in [0.29, 0.717) is 12.6 Å². The van der Waals surface area contributed by atoms with Gasteiger partial charge in [-0.15, -0.1) is 0 Å². The minimum Gasteiger partial charge on any atom is -0.494 e. The van der Waals surface area contributed by atoms with Crippen LogP contribution in [0.5, 0.6) is 5.75 Å². The fourth-order valence-electron chi connectivity index (χ4n) is 3.08. The summed E-state index contributed by atoms with van der Waals surface area (Å²) in [5.74, 6) is 0.994. The maximum atomic E-state index is 6.40. The van der Waals surface area contributed by atoms with Gasteiger partial charge in [0.25, 0.3) is 0 Å². The van der Waals surface area contributed by atoms with Crippen LogP contribution >= 0.6 is 0 Å². The van der Waals surface area contributed by atoms with Crippen LogP contribution in [0.2, 0.25) is 0 Å². The molecule has 19 heavy (non-hydrogen) atoms. The molecule has 1 aromatic carbocycles. The molecule has 0 aromatic heterocycles. The highest BCUT2D eigenvalue weighted by molar-refractivity contribution is 5.37. The average Bonchev–Trinajstić information content (AvgIpc) is 2.41. The van der Waals surface area contributed by atoms with Crippen molar-refractivity contribution in [3.05, 3.63) is 29.8 Å². The summed E-state index contributed by atoms with van der Waals surface area (Å²) in [6.07, 6.45) is 3.47. The molecule has 2 N–H and O–H groups in total. The molecule has 0 bridgehead atoms. The molecule has 0 aliphatic carbocycles. The van der Waals surface area contributed by atoms with Crippen molar-refractivity contribution in [1.29, 1.82) is 0 Å². The van der Waals surface area contributed by atoms with Crippen LogP contribution in [-0.2, 0) is 0 Å². The van der Waals surface area contributed by atoms with Crippen LogP contribution in [0.15, 0.2) is 24.3 Å². The van der Waals surface area contributed by atoms with E-state index in [4.69, 9.17) is 10.5 Å². The van der Waals surface area contributed by atoms with Gasteiger partial charge in [0, 0.05) is 11.6 Å². The third-order valence-corrected chi connectivity index (χ3v) is 3.83. The van der Waals surface area contributed by atoms with E-state index in [1.54, 1.807) is 0 Å². The Hall–Kier alpha value is -1.06. The van der Waals surface area contributed by atoms with Gasteiger partial charge in [0.15, 0.2) is 0 Å². The highest BCUT2D eigenvalue weighted by atomic mass is 16.5. The average molecular weight is 262 g/mol. The van der Waals surface area contributed by atoms with Crippen molar-refractivity contribution >= 4 is 0 Å². The van der Waals surface area contributed by atoms with Gasteiger partial charge in [-0.05, 0) is 45.3 Å². The second kappa shape index (κ2) is 6.92. The summed E-state index contributed by atoms with van der Waals surface area (Å²) in [5.41, 5.74) is 7.65. The topological polar surface area (TPSA) is 38.5 Å². The van der Waals surface area contributed by atoms with E-state index in [1.165, 1.54) is 18.4 Å². The highest BCUT2D eigenvalue weighted by Gasteiger charge is 2.31. The Kier molecular flexibility index (Phi) is 5.23. The Labute approximate surface area is 116 Å². The summed E-state index contributed by atoms with van der Waals surface area (Å²) in [6.45, 7) is 7.21. The molecule has 2 rings (SSSR count). The molecule has 1 saturated heterocycles. The summed E-state index contributed by atoms with van der Waals surface area (Å²) in [5, 5.41) is 0. The van der Waals surface area contributed by atoms with E-state index < -0.39 is 0 Å². The molecule has 2 atom stereocenters. The first-order chi connectivity index (χ1) is 9.27. The van der Waals surface area contributed by atoms with Crippen molar-refractivity contribution in [2.24, 2.45) is 5.73 Å². The van der Waals surface area contributed by atoms with Gasteiger partial charge in [-0.3, -0.25) is 4.90 Å². The highest BCUT2D eigenvalue weighted by Crippen LogP contribution is 2.35. The number of nitrogens with zero attached hydrogens (tertiary/aromatic N) is 1. The van der Waals surface area contributed by atoms with E-state index in [1.807, 2.05) is 13.0 Å². The molecular formula is C16H26N2O. The molecule has 0 radical (unpaired) electrons. The Bertz CT molecular complexity index is 392. The number of hydrogen-bond acceptors (Lipinski definition) is 3. The second-order valence-electron chi connectivity index (χ2n) is 5.26. The van der Waals surface area contributed by atoms with E-state index in [-0.39, 0.29) is 6.04 Å². The molecule has 106 valence electrons. The second-order valence-corrected chi connectivity index (χ2v) is 5.26. The van der Waals surface area contributed by atoms with Crippen molar-refractivity contribution in [1.82, 2.24) is 4.90 Å². The SMILES string of the molecule is CCCN1CCCC(N)C1c1ccccc1OCC. The van der Waals surface area contributed by atoms with Crippen molar-refractivity contribution in [3.8, 4) is 5.75 Å². The van der Waals surface area contributed by atoms with Gasteiger partial charge in [-0.2, -0.15) is 0 Å². The first-order valence-corrected chi connectivity index (χ1v) is 7.49. The zero-order valence-corrected chi connectivity index (χ0v) is 12.1. The molecule has 1 fully saturated rings. The predicted molar refractivity (Wildman–Crippen MR) is 79.4 cm³/mol. The molecule has 2 unspecified atom stereocenters. The number of piperidine rings is 1. The van der Waals surface area contributed by atoms with Crippen LogP contribution in [-0.4, -0.2) is 30.6 Å². The molecule has 1 aliphatic rings. The zero-order valence-electron chi connectivity index (χ0n) is 12.1. The molecular weight excluding hydrogens is 236 g/mol. The van der Waals surface area contributed by atoms with Crippen molar-refractivity contribution in [3.63, 3.8) is 0 Å². The molecule has 0 spiro atoms. The fourth-order valence-corrected chi connectivity index (χ4v) is 3.08. The van der Waals surface area contributed by atoms with Gasteiger partial charge in [0.2, 0.25) is 0 Å². The van der Waals surface area contributed by atoms with Crippen molar-refractivity contribution in [2.75, 3.05) is 19.7 Å². The van der Waals surface area contributed by atoms with Gasteiger partial charge in [-0.1, -0.05) is 25.1 Å². The van der Waals surface area contributed by atoms with E-state index in [0.717, 1.165) is 25.3 Å². The summed E-state index contributed by atoms with van der Waals surface area (Å²) < 4.78 is 5.78. The largest absolute Gasteiger partial charge is 0.494 e. The third kappa shape index (κ3) is 3.28. The smallest absolute Gasteiger partial charge is 0.124 e. The Balaban J connectivity index is 2.29. The van der Waals surface area contributed by atoms with Crippen LogP contribution in [0.3, 0.4) is 0 Å². The number of para-hydroxylation sites is 1. The van der Waals surface area contributed by atoms with Crippen LogP contribution in [0.25, 0.3) is 0 Å². The van der Waals surface area contributed by atoms with Crippen molar-refractivity contribution < 1.29 is 4.74 Å². The quantitative estimate of drug-likeness (QED) is 0.886. The lowest BCUT2D eigenvalue weighted by atomic mass is 9.90. The van der Waals surface area contributed by atoms with Crippen LogP contribution < -0.4 is 10.5 Å².